The van der Waals surface area contributed by atoms with E-state index in [1.54, 1.807) is 12.1 Å². The molecule has 5 heteroatoms. The monoisotopic (exact) mass is 313 g/mol. The van der Waals surface area contributed by atoms with Gasteiger partial charge in [-0.3, -0.25) is 5.11 Å². The summed E-state index contributed by atoms with van der Waals surface area (Å²) in [4.78, 5) is 1.75. The Bertz CT molecular complexity index is 254. The zero-order valence-corrected chi connectivity index (χ0v) is 10.0. The molecule has 0 saturated carbocycles. The lowest BCUT2D eigenvalue weighted by Crippen LogP contribution is -1.70. The van der Waals surface area contributed by atoms with Gasteiger partial charge in [0.25, 0.3) is 0 Å². The minimum atomic E-state index is 0.0529. The fourth-order valence-corrected chi connectivity index (χ4v) is 2.63. The molecule has 0 aromatic heterocycles. The number of hydrogen-bond acceptors (Lipinski definition) is 2. The Hall–Kier alpha value is 0.680. The first-order valence-corrected chi connectivity index (χ1v) is 7.98. The lowest BCUT2D eigenvalue weighted by atomic mass is 10.3. The largest absolute Gasteiger partial charge is 0.289 e. The maximum Gasteiger partial charge on any atom is 0.193 e. The number of halogens is 2. The van der Waals surface area contributed by atoms with Crippen LogP contribution in [0.2, 0.25) is 0 Å². The van der Waals surface area contributed by atoms with Crippen molar-refractivity contribution in [2.45, 2.75) is 9.79 Å². The summed E-state index contributed by atoms with van der Waals surface area (Å²) in [6, 6.07) is 5.18. The van der Waals surface area contributed by atoms with Crippen LogP contribution in [0.4, 0.5) is 0 Å². The quantitative estimate of drug-likeness (QED) is 0.792. The molecule has 0 bridgehead atoms. The Morgan fingerprint density at radius 1 is 1.18 bits per heavy atom. The molecule has 0 amide bonds. The van der Waals surface area contributed by atoms with Crippen molar-refractivity contribution in [1.29, 1.82) is 0 Å². The second-order valence-corrected chi connectivity index (χ2v) is 4.93. The lowest BCUT2D eigenvalue weighted by Gasteiger charge is -1.97. The van der Waals surface area contributed by atoms with Crippen molar-refractivity contribution in [2.75, 3.05) is 0 Å². The molecule has 0 saturated heterocycles. The van der Waals surface area contributed by atoms with Gasteiger partial charge in [0.15, 0.2) is 5.75 Å². The molecular formula is C6H3Br2OS2. The molecule has 0 atom stereocenters. The van der Waals surface area contributed by atoms with Gasteiger partial charge in [0.05, 0.1) is 4.90 Å². The topological polar surface area (TPSA) is 19.9 Å². The van der Waals surface area contributed by atoms with Crippen molar-refractivity contribution < 1.29 is 5.11 Å². The van der Waals surface area contributed by atoms with Gasteiger partial charge in [-0.25, -0.2) is 0 Å². The molecule has 1 rings (SSSR count). The molecule has 0 aliphatic rings. The molecule has 0 unspecified atom stereocenters. The summed E-state index contributed by atoms with van der Waals surface area (Å²) in [5.74, 6) is 0.0529. The fourth-order valence-electron chi connectivity index (χ4n) is 0.597. The smallest absolute Gasteiger partial charge is 0.193 e. The Morgan fingerprint density at radius 2 is 1.91 bits per heavy atom. The molecular weight excluding hydrogens is 312 g/mol. The Labute approximate surface area is 88.4 Å². The Balaban J connectivity index is 3.02. The highest BCUT2D eigenvalue weighted by Gasteiger charge is 2.03. The van der Waals surface area contributed by atoms with E-state index in [1.807, 2.05) is 6.07 Å². The van der Waals surface area contributed by atoms with Gasteiger partial charge in [-0.15, -0.1) is 0 Å². The minimum absolute atomic E-state index is 0.0529. The summed E-state index contributed by atoms with van der Waals surface area (Å²) < 4.78 is 0. The van der Waals surface area contributed by atoms with Crippen molar-refractivity contribution in [2.24, 2.45) is 0 Å². The van der Waals surface area contributed by atoms with Crippen LogP contribution in [0.25, 0.3) is 0 Å². The molecule has 1 nitrogen and oxygen atoms in total. The van der Waals surface area contributed by atoms with Crippen LogP contribution in [0.15, 0.2) is 28.0 Å². The normalized spacial score (nSPS) is 10.0. The first-order chi connectivity index (χ1) is 5.27. The molecule has 11 heavy (non-hydrogen) atoms. The van der Waals surface area contributed by atoms with E-state index in [1.165, 1.54) is 20.4 Å². The zero-order chi connectivity index (χ0) is 8.27. The lowest BCUT2D eigenvalue weighted by molar-refractivity contribution is 0.344. The molecule has 0 spiro atoms. The summed E-state index contributed by atoms with van der Waals surface area (Å²) in [6.07, 6.45) is 0. The zero-order valence-electron chi connectivity index (χ0n) is 5.21. The van der Waals surface area contributed by atoms with E-state index in [4.69, 9.17) is 0 Å². The van der Waals surface area contributed by atoms with Crippen molar-refractivity contribution in [3.8, 4) is 5.75 Å². The molecule has 59 valence electrons. The number of hydrogen-bond donors (Lipinski definition) is 0. The number of rotatable bonds is 2. The molecule has 1 aromatic rings. The van der Waals surface area contributed by atoms with Gasteiger partial charge in [-0.05, 0) is 68.2 Å². The van der Waals surface area contributed by atoms with Crippen LogP contribution in [0.3, 0.4) is 0 Å². The molecule has 0 heterocycles. The summed E-state index contributed by atoms with van der Waals surface area (Å²) in [5, 5.41) is 11.0. The van der Waals surface area contributed by atoms with Crippen LogP contribution in [0.1, 0.15) is 0 Å². The van der Waals surface area contributed by atoms with E-state index >= 15 is 0 Å². The Morgan fingerprint density at radius 3 is 2.45 bits per heavy atom. The van der Waals surface area contributed by atoms with Crippen LogP contribution < -0.4 is 0 Å². The first-order valence-electron chi connectivity index (χ1n) is 2.66. The van der Waals surface area contributed by atoms with Crippen molar-refractivity contribution >= 4 is 50.0 Å². The van der Waals surface area contributed by atoms with Crippen LogP contribution >= 0.6 is 50.0 Å². The van der Waals surface area contributed by atoms with Crippen LogP contribution in [0, 0.1) is 0 Å². The van der Waals surface area contributed by atoms with Crippen molar-refractivity contribution in [3.05, 3.63) is 18.2 Å². The molecule has 0 N–H and O–H groups in total. The molecule has 0 fully saturated rings. The van der Waals surface area contributed by atoms with Gasteiger partial charge < -0.3 is 0 Å². The van der Waals surface area contributed by atoms with Crippen LogP contribution in [-0.2, 0) is 5.11 Å². The van der Waals surface area contributed by atoms with Gasteiger partial charge in [0, 0.05) is 4.90 Å². The summed E-state index contributed by atoms with van der Waals surface area (Å²) in [7, 11) is 2.74. The molecule has 1 radical (unpaired) electrons. The third-order valence-electron chi connectivity index (χ3n) is 1.09. The van der Waals surface area contributed by atoms with Crippen LogP contribution in [0.5, 0.6) is 5.75 Å². The SMILES string of the molecule is [O]c1ccc(SBr)cc1SBr. The van der Waals surface area contributed by atoms with Gasteiger partial charge in [-0.2, -0.15) is 0 Å². The highest BCUT2D eigenvalue weighted by Crippen LogP contribution is 2.37. The average Bonchev–Trinajstić information content (AvgIpc) is 2.05. The minimum Gasteiger partial charge on any atom is -0.289 e. The predicted molar refractivity (Wildman–Crippen MR) is 56.1 cm³/mol. The Kier molecular flexibility index (Phi) is 4.12. The van der Waals surface area contributed by atoms with Crippen molar-refractivity contribution in [1.82, 2.24) is 0 Å². The van der Waals surface area contributed by atoms with E-state index in [9.17, 15) is 5.11 Å². The fraction of sp³-hybridized carbons (Fsp3) is 0. The van der Waals surface area contributed by atoms with Crippen LogP contribution in [-0.4, -0.2) is 0 Å². The van der Waals surface area contributed by atoms with E-state index in [0.29, 0.717) is 0 Å². The molecule has 0 aliphatic heterocycles. The predicted octanol–water partition coefficient (Wildman–Crippen LogP) is 4.63. The van der Waals surface area contributed by atoms with Gasteiger partial charge in [-0.1, -0.05) is 0 Å². The van der Waals surface area contributed by atoms with Gasteiger partial charge in [0.2, 0.25) is 0 Å². The van der Waals surface area contributed by atoms with E-state index in [0.717, 1.165) is 9.79 Å². The second-order valence-electron chi connectivity index (χ2n) is 1.76. The summed E-state index contributed by atoms with van der Waals surface area (Å²) in [5.41, 5.74) is 0. The molecule has 1 aromatic carbocycles. The maximum atomic E-state index is 11.0. The van der Waals surface area contributed by atoms with E-state index < -0.39 is 0 Å². The van der Waals surface area contributed by atoms with E-state index in [2.05, 4.69) is 29.6 Å². The molecule has 0 aliphatic carbocycles. The number of benzene rings is 1. The first kappa shape index (κ1) is 9.77. The second kappa shape index (κ2) is 4.64. The van der Waals surface area contributed by atoms with Crippen molar-refractivity contribution in [3.63, 3.8) is 0 Å². The van der Waals surface area contributed by atoms with Gasteiger partial charge in [0.1, 0.15) is 0 Å². The highest BCUT2D eigenvalue weighted by molar-refractivity contribution is 9.50. The standard InChI is InChI=1S/C6H3Br2OS2/c7-10-4-1-2-5(9)6(3-4)11-8/h1-3H. The highest BCUT2D eigenvalue weighted by atomic mass is 79.9. The van der Waals surface area contributed by atoms with E-state index in [-0.39, 0.29) is 5.75 Å². The third kappa shape index (κ3) is 2.57. The van der Waals surface area contributed by atoms with Gasteiger partial charge >= 0.3 is 0 Å². The summed E-state index contributed by atoms with van der Waals surface area (Å²) in [6.45, 7) is 0. The average molecular weight is 315 g/mol. The third-order valence-corrected chi connectivity index (χ3v) is 4.17. The summed E-state index contributed by atoms with van der Waals surface area (Å²) >= 11 is 6.40. The maximum absolute atomic E-state index is 11.0.